The molecule has 0 saturated heterocycles. The highest BCUT2D eigenvalue weighted by Gasteiger charge is 2.29. The first-order valence-electron chi connectivity index (χ1n) is 8.34. The van der Waals surface area contributed by atoms with Crippen molar-refractivity contribution in [2.24, 2.45) is 5.92 Å². The highest BCUT2D eigenvalue weighted by molar-refractivity contribution is 7.89. The summed E-state index contributed by atoms with van der Waals surface area (Å²) >= 11 is 0. The molecule has 0 saturated carbocycles. The number of carbonyl (C=O) groups excluding carboxylic acids is 1. The number of sulfonamides is 1. The van der Waals surface area contributed by atoms with Crippen LogP contribution in [0.2, 0.25) is 0 Å². The van der Waals surface area contributed by atoms with Crippen molar-refractivity contribution >= 4 is 26.9 Å². The molecule has 1 aliphatic carbocycles. The number of hydrogen-bond acceptors (Lipinski definition) is 5. The third-order valence-electron chi connectivity index (χ3n) is 4.58. The molecule has 1 aliphatic rings. The summed E-state index contributed by atoms with van der Waals surface area (Å²) in [6.45, 7) is 3.37. The van der Waals surface area contributed by atoms with Crippen molar-refractivity contribution in [3.63, 3.8) is 0 Å². The van der Waals surface area contributed by atoms with Crippen LogP contribution in [0.1, 0.15) is 38.0 Å². The molecule has 25 heavy (non-hydrogen) atoms. The maximum Gasteiger partial charge on any atom is 0.261 e. The summed E-state index contributed by atoms with van der Waals surface area (Å²) in [4.78, 5) is 11.7. The first-order chi connectivity index (χ1) is 11.8. The van der Waals surface area contributed by atoms with Crippen LogP contribution < -0.4 is 10.2 Å². The molecule has 3 rings (SSSR count). The molecule has 2 aromatic rings. The van der Waals surface area contributed by atoms with Gasteiger partial charge in [-0.15, -0.1) is 0 Å². The molecule has 1 atom stereocenters. The second kappa shape index (κ2) is 6.78. The maximum atomic E-state index is 12.6. The van der Waals surface area contributed by atoms with Gasteiger partial charge in [0.1, 0.15) is 17.4 Å². The Labute approximate surface area is 146 Å². The van der Waals surface area contributed by atoms with Gasteiger partial charge in [-0.25, -0.2) is 13.9 Å². The SMILES string of the molecule is CC(C)C(NS(=O)(=O)c1ccc2c3c(oc2c1)CCCC3)C(=O)NO. The zero-order valence-corrected chi connectivity index (χ0v) is 15.0. The number of hydrogen-bond donors (Lipinski definition) is 3. The predicted octanol–water partition coefficient (Wildman–Crippen LogP) is 2.12. The molecule has 1 aromatic carbocycles. The molecule has 3 N–H and O–H groups in total. The Morgan fingerprint density at radius 3 is 2.64 bits per heavy atom. The van der Waals surface area contributed by atoms with Gasteiger partial charge in [0, 0.05) is 23.4 Å². The van der Waals surface area contributed by atoms with Gasteiger partial charge in [0.15, 0.2) is 0 Å². The molecule has 136 valence electrons. The Morgan fingerprint density at radius 1 is 1.24 bits per heavy atom. The van der Waals surface area contributed by atoms with Crippen molar-refractivity contribution < 1.29 is 22.8 Å². The topological polar surface area (TPSA) is 109 Å². The smallest absolute Gasteiger partial charge is 0.261 e. The molecule has 0 bridgehead atoms. The van der Waals surface area contributed by atoms with E-state index in [1.807, 2.05) is 0 Å². The van der Waals surface area contributed by atoms with Crippen molar-refractivity contribution in [3.05, 3.63) is 29.5 Å². The van der Waals surface area contributed by atoms with Crippen molar-refractivity contribution in [2.75, 3.05) is 0 Å². The molecule has 7 nitrogen and oxygen atoms in total. The minimum atomic E-state index is -3.93. The standard InChI is InChI=1S/C17H22N2O5S/c1-10(2)16(17(20)18-21)19-25(22,23)11-7-8-13-12-5-3-4-6-14(12)24-15(13)9-11/h7-10,16,19,21H,3-6H2,1-2H3,(H,18,20). The van der Waals surface area contributed by atoms with Crippen LogP contribution in [0.4, 0.5) is 0 Å². The van der Waals surface area contributed by atoms with E-state index < -0.39 is 22.0 Å². The lowest BCUT2D eigenvalue weighted by molar-refractivity contribution is -0.131. The van der Waals surface area contributed by atoms with Crippen LogP contribution in [-0.2, 0) is 27.7 Å². The van der Waals surface area contributed by atoms with E-state index in [0.29, 0.717) is 5.58 Å². The van der Waals surface area contributed by atoms with Crippen LogP contribution in [0.15, 0.2) is 27.5 Å². The summed E-state index contributed by atoms with van der Waals surface area (Å²) in [5, 5.41) is 9.75. The number of rotatable bonds is 5. The van der Waals surface area contributed by atoms with Crippen LogP contribution in [0.5, 0.6) is 0 Å². The lowest BCUT2D eigenvalue weighted by atomic mass is 9.96. The van der Waals surface area contributed by atoms with E-state index in [0.717, 1.165) is 42.4 Å². The van der Waals surface area contributed by atoms with E-state index in [-0.39, 0.29) is 10.8 Å². The fraction of sp³-hybridized carbons (Fsp3) is 0.471. The lowest BCUT2D eigenvalue weighted by Crippen LogP contribution is -2.48. The van der Waals surface area contributed by atoms with E-state index in [2.05, 4.69) is 4.72 Å². The van der Waals surface area contributed by atoms with E-state index >= 15 is 0 Å². The lowest BCUT2D eigenvalue weighted by Gasteiger charge is -2.20. The van der Waals surface area contributed by atoms with Gasteiger partial charge in [-0.3, -0.25) is 10.0 Å². The maximum absolute atomic E-state index is 12.6. The molecule has 1 unspecified atom stereocenters. The Bertz CT molecular complexity index is 901. The summed E-state index contributed by atoms with van der Waals surface area (Å²) in [6, 6.07) is 3.69. The number of fused-ring (bicyclic) bond motifs is 3. The third kappa shape index (κ3) is 3.42. The first kappa shape index (κ1) is 17.9. The molecule has 1 heterocycles. The highest BCUT2D eigenvalue weighted by Crippen LogP contribution is 2.33. The Balaban J connectivity index is 1.95. The minimum Gasteiger partial charge on any atom is -0.461 e. The molecular weight excluding hydrogens is 344 g/mol. The number of benzene rings is 1. The molecule has 0 fully saturated rings. The Hall–Kier alpha value is -1.90. The van der Waals surface area contributed by atoms with Gasteiger partial charge in [0.2, 0.25) is 10.0 Å². The van der Waals surface area contributed by atoms with Gasteiger partial charge in [0.05, 0.1) is 4.90 Å². The largest absolute Gasteiger partial charge is 0.461 e. The molecule has 0 spiro atoms. The number of carbonyl (C=O) groups is 1. The molecule has 0 aliphatic heterocycles. The molecule has 1 aromatic heterocycles. The quantitative estimate of drug-likeness (QED) is 0.555. The fourth-order valence-corrected chi connectivity index (χ4v) is 4.57. The van der Waals surface area contributed by atoms with Crippen molar-refractivity contribution in [1.29, 1.82) is 0 Å². The molecule has 1 amide bonds. The van der Waals surface area contributed by atoms with Crippen molar-refractivity contribution in [2.45, 2.75) is 50.5 Å². The van der Waals surface area contributed by atoms with Gasteiger partial charge < -0.3 is 4.42 Å². The molecule has 8 heteroatoms. The minimum absolute atomic E-state index is 0.0301. The number of nitrogens with one attached hydrogen (secondary N) is 2. The summed E-state index contributed by atoms with van der Waals surface area (Å²) in [6.07, 6.45) is 4.00. The van der Waals surface area contributed by atoms with Gasteiger partial charge in [-0.1, -0.05) is 13.8 Å². The van der Waals surface area contributed by atoms with E-state index in [4.69, 9.17) is 9.62 Å². The average Bonchev–Trinajstić information content (AvgIpc) is 2.96. The Morgan fingerprint density at radius 2 is 1.96 bits per heavy atom. The number of hydroxylamine groups is 1. The van der Waals surface area contributed by atoms with Gasteiger partial charge in [0.25, 0.3) is 5.91 Å². The summed E-state index contributed by atoms with van der Waals surface area (Å²) in [5.74, 6) is -0.196. The van der Waals surface area contributed by atoms with E-state index in [9.17, 15) is 13.2 Å². The second-order valence-electron chi connectivity index (χ2n) is 6.69. The van der Waals surface area contributed by atoms with Crippen LogP contribution in [-0.4, -0.2) is 25.6 Å². The van der Waals surface area contributed by atoms with Crippen molar-refractivity contribution in [1.82, 2.24) is 10.2 Å². The summed E-state index contributed by atoms with van der Waals surface area (Å²) < 4.78 is 33.5. The predicted molar refractivity (Wildman–Crippen MR) is 91.7 cm³/mol. The summed E-state index contributed by atoms with van der Waals surface area (Å²) in [5.41, 5.74) is 3.21. The fourth-order valence-electron chi connectivity index (χ4n) is 3.21. The van der Waals surface area contributed by atoms with Gasteiger partial charge in [-0.05, 0) is 37.3 Å². The Kier molecular flexibility index (Phi) is 4.86. The monoisotopic (exact) mass is 366 g/mol. The first-order valence-corrected chi connectivity index (χ1v) is 9.82. The van der Waals surface area contributed by atoms with Crippen molar-refractivity contribution in [3.8, 4) is 0 Å². The zero-order valence-electron chi connectivity index (χ0n) is 14.2. The number of furan rings is 1. The van der Waals surface area contributed by atoms with E-state index in [1.54, 1.807) is 19.9 Å². The average molecular weight is 366 g/mol. The zero-order chi connectivity index (χ0) is 18.2. The van der Waals surface area contributed by atoms with Gasteiger partial charge in [-0.2, -0.15) is 4.72 Å². The number of aryl methyl sites for hydroxylation is 2. The van der Waals surface area contributed by atoms with Crippen LogP contribution >= 0.6 is 0 Å². The van der Waals surface area contributed by atoms with Crippen LogP contribution in [0.25, 0.3) is 11.0 Å². The molecule has 0 radical (unpaired) electrons. The highest BCUT2D eigenvalue weighted by atomic mass is 32.2. The van der Waals surface area contributed by atoms with E-state index in [1.165, 1.54) is 17.6 Å². The molecular formula is C17H22N2O5S. The third-order valence-corrected chi connectivity index (χ3v) is 6.02. The normalized spacial score (nSPS) is 16.0. The van der Waals surface area contributed by atoms with Gasteiger partial charge >= 0.3 is 0 Å². The second-order valence-corrected chi connectivity index (χ2v) is 8.40. The van der Waals surface area contributed by atoms with Crippen LogP contribution in [0, 0.1) is 5.92 Å². The van der Waals surface area contributed by atoms with Crippen LogP contribution in [0.3, 0.4) is 0 Å². The summed E-state index contributed by atoms with van der Waals surface area (Å²) in [7, 11) is -3.93. The number of amides is 1.